The van der Waals surface area contributed by atoms with Gasteiger partial charge in [-0.2, -0.15) is 0 Å². The SMILES string of the molecule is CC(C)(C)C(O[SiH](c1ccccc1)c1ccccc1)[C@H]1[C@H]2CC(=O)C[C@@]2(C)C[C@H]1OC1CCCCO1. The Balaban J connectivity index is 1.51. The maximum absolute atomic E-state index is 12.7. The summed E-state index contributed by atoms with van der Waals surface area (Å²) >= 11 is 0. The first-order valence-corrected chi connectivity index (χ1v) is 15.4. The van der Waals surface area contributed by atoms with Gasteiger partial charge in [-0.3, -0.25) is 4.79 Å². The molecule has 194 valence electrons. The van der Waals surface area contributed by atoms with E-state index < -0.39 is 9.04 Å². The van der Waals surface area contributed by atoms with E-state index in [0.717, 1.165) is 32.3 Å². The molecular weight excluding hydrogens is 464 g/mol. The fourth-order valence-corrected chi connectivity index (χ4v) is 9.73. The van der Waals surface area contributed by atoms with Crippen LogP contribution in [-0.2, 0) is 18.7 Å². The lowest BCUT2D eigenvalue weighted by molar-refractivity contribution is -0.205. The van der Waals surface area contributed by atoms with Crippen molar-refractivity contribution in [3.63, 3.8) is 0 Å². The molecule has 5 heteroatoms. The first-order chi connectivity index (χ1) is 17.2. The van der Waals surface area contributed by atoms with Crippen LogP contribution in [0.25, 0.3) is 0 Å². The number of hydrogen-bond acceptors (Lipinski definition) is 4. The van der Waals surface area contributed by atoms with Crippen molar-refractivity contribution in [2.75, 3.05) is 6.61 Å². The molecule has 0 aromatic heterocycles. The predicted octanol–water partition coefficient (Wildman–Crippen LogP) is 4.87. The zero-order chi connectivity index (χ0) is 25.3. The van der Waals surface area contributed by atoms with E-state index in [4.69, 9.17) is 13.9 Å². The lowest BCUT2D eigenvalue weighted by atomic mass is 9.72. The number of benzene rings is 2. The van der Waals surface area contributed by atoms with Crippen LogP contribution in [0, 0.1) is 22.7 Å². The van der Waals surface area contributed by atoms with Crippen molar-refractivity contribution in [2.45, 2.75) is 84.7 Å². The summed E-state index contributed by atoms with van der Waals surface area (Å²) in [4.78, 5) is 12.7. The van der Waals surface area contributed by atoms with Crippen molar-refractivity contribution in [1.82, 2.24) is 0 Å². The summed E-state index contributed by atoms with van der Waals surface area (Å²) in [6, 6.07) is 21.5. The Labute approximate surface area is 218 Å². The van der Waals surface area contributed by atoms with Gasteiger partial charge in [0.2, 0.25) is 9.04 Å². The predicted molar refractivity (Wildman–Crippen MR) is 146 cm³/mol. The molecule has 3 fully saturated rings. The number of ketones is 1. The van der Waals surface area contributed by atoms with Crippen LogP contribution < -0.4 is 10.4 Å². The Morgan fingerprint density at radius 3 is 2.19 bits per heavy atom. The molecule has 1 heterocycles. The van der Waals surface area contributed by atoms with Crippen molar-refractivity contribution in [3.8, 4) is 0 Å². The minimum absolute atomic E-state index is 0.0233. The third-order valence-electron chi connectivity index (χ3n) is 8.66. The van der Waals surface area contributed by atoms with E-state index in [2.05, 4.69) is 88.4 Å². The largest absolute Gasteiger partial charge is 0.407 e. The Hall–Kier alpha value is -1.79. The summed E-state index contributed by atoms with van der Waals surface area (Å²) < 4.78 is 20.2. The van der Waals surface area contributed by atoms with E-state index in [1.165, 1.54) is 10.4 Å². The molecule has 1 saturated heterocycles. The van der Waals surface area contributed by atoms with E-state index in [9.17, 15) is 4.79 Å². The van der Waals surface area contributed by atoms with Gasteiger partial charge in [-0.05, 0) is 52.8 Å². The molecule has 0 N–H and O–H groups in total. The highest BCUT2D eigenvalue weighted by atomic mass is 28.3. The van der Waals surface area contributed by atoms with Gasteiger partial charge in [-0.25, -0.2) is 0 Å². The van der Waals surface area contributed by atoms with Gasteiger partial charge in [0.05, 0.1) is 12.2 Å². The standard InChI is InChI=1S/C31H42O4Si/c1-30(2,3)29(35-36(23-13-7-5-8-14-23)24-15-9-6-10-16-24)28-25-19-22(32)20-31(25,4)21-26(28)34-27-17-11-12-18-33-27/h5-10,13-16,25-29,36H,11-12,17-21H2,1-4H3/t25-,26-,27?,28+,29?,31+/m1/s1. The Kier molecular flexibility index (Phi) is 7.55. The molecule has 2 aromatic carbocycles. The first kappa shape index (κ1) is 25.8. The average Bonchev–Trinajstić information content (AvgIpc) is 3.28. The molecule has 2 unspecified atom stereocenters. The summed E-state index contributed by atoms with van der Waals surface area (Å²) in [6.45, 7) is 9.96. The van der Waals surface area contributed by atoms with Gasteiger partial charge in [0.1, 0.15) is 5.78 Å². The van der Waals surface area contributed by atoms with Gasteiger partial charge in [0.15, 0.2) is 6.29 Å². The Morgan fingerprint density at radius 2 is 1.64 bits per heavy atom. The van der Waals surface area contributed by atoms with Gasteiger partial charge < -0.3 is 13.9 Å². The lowest BCUT2D eigenvalue weighted by Crippen LogP contribution is -2.54. The maximum atomic E-state index is 12.7. The van der Waals surface area contributed by atoms with Crippen LogP contribution in [0.1, 0.15) is 66.2 Å². The first-order valence-electron chi connectivity index (χ1n) is 13.8. The summed E-state index contributed by atoms with van der Waals surface area (Å²) in [7, 11) is -1.98. The van der Waals surface area contributed by atoms with Crippen molar-refractivity contribution >= 4 is 25.2 Å². The van der Waals surface area contributed by atoms with Crippen LogP contribution in [0.3, 0.4) is 0 Å². The maximum Gasteiger partial charge on any atom is 0.240 e. The Morgan fingerprint density at radius 1 is 1.00 bits per heavy atom. The monoisotopic (exact) mass is 506 g/mol. The van der Waals surface area contributed by atoms with Gasteiger partial charge in [-0.1, -0.05) is 88.4 Å². The molecule has 0 spiro atoms. The van der Waals surface area contributed by atoms with Crippen molar-refractivity contribution in [1.29, 1.82) is 0 Å². The molecule has 0 amide bonds. The van der Waals surface area contributed by atoms with Crippen LogP contribution in [0.2, 0.25) is 0 Å². The zero-order valence-electron chi connectivity index (χ0n) is 22.3. The van der Waals surface area contributed by atoms with Gasteiger partial charge in [0.25, 0.3) is 0 Å². The average molecular weight is 507 g/mol. The van der Waals surface area contributed by atoms with Crippen LogP contribution >= 0.6 is 0 Å². The third kappa shape index (κ3) is 5.40. The highest BCUT2D eigenvalue weighted by Gasteiger charge is 2.60. The van der Waals surface area contributed by atoms with Crippen molar-refractivity contribution < 1.29 is 18.7 Å². The zero-order valence-corrected chi connectivity index (χ0v) is 23.5. The number of carbonyl (C=O) groups excluding carboxylic acids is 1. The van der Waals surface area contributed by atoms with Crippen LogP contribution in [0.15, 0.2) is 60.7 Å². The summed E-state index contributed by atoms with van der Waals surface area (Å²) in [5.74, 6) is 0.839. The molecule has 2 aromatic rings. The van der Waals surface area contributed by atoms with E-state index in [0.29, 0.717) is 18.6 Å². The van der Waals surface area contributed by atoms with Gasteiger partial charge in [0, 0.05) is 25.4 Å². The second-order valence-corrected chi connectivity index (χ2v) is 14.9. The molecule has 4 nitrogen and oxygen atoms in total. The van der Waals surface area contributed by atoms with Crippen molar-refractivity contribution in [2.24, 2.45) is 22.7 Å². The number of ether oxygens (including phenoxy) is 2. The minimum atomic E-state index is -1.98. The highest BCUT2D eigenvalue weighted by molar-refractivity contribution is 6.80. The molecule has 5 rings (SSSR count). The van der Waals surface area contributed by atoms with Gasteiger partial charge >= 0.3 is 0 Å². The summed E-state index contributed by atoms with van der Waals surface area (Å²) in [5, 5.41) is 2.57. The fraction of sp³-hybridized carbons (Fsp3) is 0.581. The number of fused-ring (bicyclic) bond motifs is 1. The number of carbonyl (C=O) groups is 1. The molecular formula is C31H42O4Si. The quantitative estimate of drug-likeness (QED) is 0.503. The molecule has 1 aliphatic heterocycles. The molecule has 6 atom stereocenters. The molecule has 2 aliphatic carbocycles. The van der Waals surface area contributed by atoms with E-state index >= 15 is 0 Å². The molecule has 0 bridgehead atoms. The topological polar surface area (TPSA) is 44.8 Å². The third-order valence-corrected chi connectivity index (χ3v) is 11.2. The Bertz CT molecular complexity index is 974. The molecule has 2 saturated carbocycles. The van der Waals surface area contributed by atoms with Crippen LogP contribution in [-0.4, -0.2) is 39.9 Å². The molecule has 36 heavy (non-hydrogen) atoms. The van der Waals surface area contributed by atoms with E-state index in [1.807, 2.05) is 0 Å². The van der Waals surface area contributed by atoms with E-state index in [1.54, 1.807) is 0 Å². The smallest absolute Gasteiger partial charge is 0.240 e. The minimum Gasteiger partial charge on any atom is -0.407 e. The van der Waals surface area contributed by atoms with E-state index in [-0.39, 0.29) is 41.2 Å². The number of Topliss-reactive ketones (excluding diaryl/α,β-unsaturated/α-hetero) is 1. The highest BCUT2D eigenvalue weighted by Crippen LogP contribution is 2.59. The normalized spacial score (nSPS) is 31.5. The van der Waals surface area contributed by atoms with Crippen LogP contribution in [0.4, 0.5) is 0 Å². The molecule has 0 radical (unpaired) electrons. The lowest BCUT2D eigenvalue weighted by Gasteiger charge is -2.43. The van der Waals surface area contributed by atoms with Crippen molar-refractivity contribution in [3.05, 3.63) is 60.7 Å². The fourth-order valence-electron chi connectivity index (χ4n) is 7.01. The second kappa shape index (κ2) is 10.5. The summed E-state index contributed by atoms with van der Waals surface area (Å²) in [5.41, 5.74) is -0.129. The number of hydrogen-bond donors (Lipinski definition) is 0. The summed E-state index contributed by atoms with van der Waals surface area (Å²) in [6.07, 6.45) is 5.31. The van der Waals surface area contributed by atoms with Gasteiger partial charge in [-0.15, -0.1) is 0 Å². The van der Waals surface area contributed by atoms with Crippen LogP contribution in [0.5, 0.6) is 0 Å². The number of rotatable bonds is 7. The second-order valence-electron chi connectivity index (χ2n) is 12.6. The molecule has 3 aliphatic rings.